The third-order valence-electron chi connectivity index (χ3n) is 7.04. The van der Waals surface area contributed by atoms with Gasteiger partial charge in [-0.2, -0.15) is 0 Å². The first-order chi connectivity index (χ1) is 15.0. The molecule has 0 saturated carbocycles. The zero-order chi connectivity index (χ0) is 23.3. The van der Waals surface area contributed by atoms with Gasteiger partial charge in [-0.3, -0.25) is 0 Å². The molecular formula is C21H26B2FN3O5. The molecule has 3 heterocycles. The van der Waals surface area contributed by atoms with E-state index in [4.69, 9.17) is 24.0 Å². The summed E-state index contributed by atoms with van der Waals surface area (Å²) < 4.78 is 38.1. The molecule has 0 radical (unpaired) electrons. The summed E-state index contributed by atoms with van der Waals surface area (Å²) in [6, 6.07) is 4.66. The Bertz CT molecular complexity index is 996. The Morgan fingerprint density at radius 1 is 1.31 bits per heavy atom. The van der Waals surface area contributed by atoms with Gasteiger partial charge in [0.1, 0.15) is 0 Å². The van der Waals surface area contributed by atoms with Gasteiger partial charge in [-0.05, 0) is 0 Å². The molecule has 32 heavy (non-hydrogen) atoms. The molecule has 3 aliphatic heterocycles. The van der Waals surface area contributed by atoms with Gasteiger partial charge >= 0.3 is 188 Å². The van der Waals surface area contributed by atoms with Gasteiger partial charge in [0.2, 0.25) is 0 Å². The summed E-state index contributed by atoms with van der Waals surface area (Å²) in [5.74, 6) is -1.25. The van der Waals surface area contributed by atoms with Crippen molar-refractivity contribution < 1.29 is 27.9 Å². The summed E-state index contributed by atoms with van der Waals surface area (Å²) in [6.07, 6.45) is 1.97. The van der Waals surface area contributed by atoms with Crippen LogP contribution in [-0.2, 0) is 29.0 Å². The van der Waals surface area contributed by atoms with Crippen molar-refractivity contribution in [3.63, 3.8) is 0 Å². The third-order valence-corrected chi connectivity index (χ3v) is 7.04. The van der Waals surface area contributed by atoms with E-state index in [1.807, 2.05) is 27.7 Å². The third kappa shape index (κ3) is 3.51. The van der Waals surface area contributed by atoms with Crippen LogP contribution in [0.1, 0.15) is 39.7 Å². The number of carbonyl (C=O) groups excluding carboxylic acids is 1. The average Bonchev–Trinajstić information content (AvgIpc) is 2.97. The Morgan fingerprint density at radius 3 is 2.66 bits per heavy atom. The maximum atomic E-state index is 15.3. The molecule has 3 aliphatic rings. The molecule has 168 valence electrons. The second-order valence-electron chi connectivity index (χ2n) is 9.43. The Labute approximate surface area is 188 Å². The number of hydrogen-bond acceptors (Lipinski definition) is 7. The minimum absolute atomic E-state index is 0.0743. The van der Waals surface area contributed by atoms with Crippen LogP contribution in [0.15, 0.2) is 18.2 Å². The van der Waals surface area contributed by atoms with E-state index in [0.717, 1.165) is 7.12 Å². The molecule has 8 nitrogen and oxygen atoms in total. The molecule has 4 rings (SSSR count). The molecule has 1 N–H and O–H groups in total. The van der Waals surface area contributed by atoms with Crippen molar-refractivity contribution in [3.8, 4) is 6.26 Å². The van der Waals surface area contributed by atoms with Crippen molar-refractivity contribution in [3.05, 3.63) is 29.6 Å². The summed E-state index contributed by atoms with van der Waals surface area (Å²) in [5.41, 5.74) is -1.10. The summed E-state index contributed by atoms with van der Waals surface area (Å²) in [7, 11) is 2.04. The standard InChI is InChI=1S/C21H26B2FN3O5/c1-19(2)20(3,4)32-23(31-19)13-6-7-16(24)15(10-13)21-11-29-9-8-14(21)17(28)27(5)18(26-21)22-30-12-25/h6-7,10,14,26H,8-9,11H2,1-5H3. The number of carbonyl (C=O) groups is 1. The maximum absolute atomic E-state index is 15.3. The van der Waals surface area contributed by atoms with Gasteiger partial charge in [-0.25, -0.2) is 0 Å². The molecule has 0 aliphatic carbocycles. The molecule has 2 unspecified atom stereocenters. The quantitative estimate of drug-likeness (QED) is 0.544. The van der Waals surface area contributed by atoms with Gasteiger partial charge in [0, 0.05) is 0 Å². The minimum atomic E-state index is -1.17. The van der Waals surface area contributed by atoms with Crippen LogP contribution in [0.4, 0.5) is 4.39 Å². The second kappa shape index (κ2) is 7.87. The number of ether oxygens (including phenoxy) is 1. The van der Waals surface area contributed by atoms with Crippen molar-refractivity contribution in [2.45, 2.75) is 50.9 Å². The molecule has 1 amide bonds. The van der Waals surface area contributed by atoms with Crippen LogP contribution in [0.25, 0.3) is 0 Å². The zero-order valence-electron chi connectivity index (χ0n) is 18.9. The van der Waals surface area contributed by atoms with E-state index in [-0.39, 0.29) is 23.8 Å². The summed E-state index contributed by atoms with van der Waals surface area (Å²) >= 11 is 0. The van der Waals surface area contributed by atoms with Crippen LogP contribution in [0.2, 0.25) is 0 Å². The van der Waals surface area contributed by atoms with Crippen LogP contribution in [0.3, 0.4) is 0 Å². The molecule has 0 spiro atoms. The summed E-state index contributed by atoms with van der Waals surface area (Å²) in [6.45, 7) is 8.26. The van der Waals surface area contributed by atoms with Crippen LogP contribution in [0, 0.1) is 23.3 Å². The van der Waals surface area contributed by atoms with Gasteiger partial charge in [0.25, 0.3) is 0 Å². The number of rotatable bonds is 3. The number of nitrogens with zero attached hydrogens (tertiary/aromatic N) is 2. The Hall–Kier alpha value is -2.41. The Kier molecular flexibility index (Phi) is 5.60. The fourth-order valence-electron chi connectivity index (χ4n) is 4.44. The molecule has 2 atom stereocenters. The number of hydrogen-bond donors (Lipinski definition) is 1. The van der Waals surface area contributed by atoms with Crippen LogP contribution in [0.5, 0.6) is 0 Å². The van der Waals surface area contributed by atoms with Crippen LogP contribution < -0.4 is 10.8 Å². The van der Waals surface area contributed by atoms with E-state index in [1.165, 1.54) is 11.0 Å². The number of benzene rings is 1. The predicted molar refractivity (Wildman–Crippen MR) is 116 cm³/mol. The molecule has 0 aromatic heterocycles. The Morgan fingerprint density at radius 2 is 2.00 bits per heavy atom. The summed E-state index contributed by atoms with van der Waals surface area (Å²) in [4.78, 5) is 14.6. The normalized spacial score (nSPS) is 29.7. The number of nitriles is 1. The van der Waals surface area contributed by atoms with E-state index in [2.05, 4.69) is 5.32 Å². The number of nitrogens with one attached hydrogen (secondary N) is 1. The Balaban J connectivity index is 1.79. The number of fused-ring (bicyclic) bond motifs is 1. The molecule has 1 aromatic carbocycles. The van der Waals surface area contributed by atoms with E-state index in [0.29, 0.717) is 18.5 Å². The predicted octanol–water partition coefficient (Wildman–Crippen LogP) is 0.623. The first kappa shape index (κ1) is 22.8. The second-order valence-corrected chi connectivity index (χ2v) is 9.43. The number of halogens is 1. The molecule has 1 aromatic rings. The summed E-state index contributed by atoms with van der Waals surface area (Å²) in [5, 5.41) is 12.0. The van der Waals surface area contributed by atoms with Crippen molar-refractivity contribution in [2.24, 2.45) is 5.92 Å². The SMILES string of the molecule is CN1C(=O)C2CCOCC2(c2cc(B3OC(C)(C)C(C)(C)O3)ccc2F)NC1=BOC#N. The molecular weight excluding hydrogens is 415 g/mol. The van der Waals surface area contributed by atoms with Gasteiger partial charge in [0.05, 0.1) is 0 Å². The van der Waals surface area contributed by atoms with Gasteiger partial charge in [-0.1, -0.05) is 0 Å². The van der Waals surface area contributed by atoms with Crippen LogP contribution >= 0.6 is 0 Å². The van der Waals surface area contributed by atoms with E-state index < -0.39 is 35.6 Å². The molecule has 11 heteroatoms. The van der Waals surface area contributed by atoms with Gasteiger partial charge < -0.3 is 0 Å². The number of amides is 1. The van der Waals surface area contributed by atoms with Crippen molar-refractivity contribution in [2.75, 3.05) is 20.3 Å². The van der Waals surface area contributed by atoms with E-state index >= 15 is 4.39 Å². The van der Waals surface area contributed by atoms with Crippen molar-refractivity contribution in [1.82, 2.24) is 10.2 Å². The van der Waals surface area contributed by atoms with Crippen molar-refractivity contribution in [1.29, 1.82) is 5.26 Å². The van der Waals surface area contributed by atoms with E-state index in [1.54, 1.807) is 25.4 Å². The topological polar surface area (TPSA) is 93.1 Å². The fourth-order valence-corrected chi connectivity index (χ4v) is 4.44. The average molecular weight is 441 g/mol. The first-order valence-corrected chi connectivity index (χ1v) is 10.6. The van der Waals surface area contributed by atoms with Gasteiger partial charge in [-0.15, -0.1) is 0 Å². The molecule has 0 bridgehead atoms. The van der Waals surface area contributed by atoms with Crippen molar-refractivity contribution >= 4 is 31.3 Å². The fraction of sp³-hybridized carbons (Fsp3) is 0.571. The molecule has 3 fully saturated rings. The zero-order valence-corrected chi connectivity index (χ0v) is 18.9. The van der Waals surface area contributed by atoms with Gasteiger partial charge in [0.15, 0.2) is 0 Å². The first-order valence-electron chi connectivity index (χ1n) is 10.6. The van der Waals surface area contributed by atoms with Crippen LogP contribution in [-0.4, -0.2) is 62.2 Å². The molecule has 3 saturated heterocycles. The van der Waals surface area contributed by atoms with E-state index in [9.17, 15) is 4.79 Å². The monoisotopic (exact) mass is 441 g/mol.